The summed E-state index contributed by atoms with van der Waals surface area (Å²) in [4.78, 5) is 32.9. The van der Waals surface area contributed by atoms with Crippen molar-refractivity contribution in [3.05, 3.63) is 81.1 Å². The van der Waals surface area contributed by atoms with Gasteiger partial charge in [-0.3, -0.25) is 14.0 Å². The number of carbonyl (C=O) groups is 1. The number of rotatable bonds is 7. The first-order valence-electron chi connectivity index (χ1n) is 10.1. The van der Waals surface area contributed by atoms with Crippen molar-refractivity contribution in [1.82, 2.24) is 19.3 Å². The molecular formula is C23H24N5NaO4. The van der Waals surface area contributed by atoms with Crippen molar-refractivity contribution in [3.8, 4) is 5.75 Å². The van der Waals surface area contributed by atoms with E-state index in [-0.39, 0.29) is 47.2 Å². The van der Waals surface area contributed by atoms with Crippen LogP contribution in [0.25, 0.3) is 4.85 Å². The maximum Gasteiger partial charge on any atom is 1.00 e. The summed E-state index contributed by atoms with van der Waals surface area (Å²) in [5, 5.41) is 16.0. The second-order valence-electron chi connectivity index (χ2n) is 7.79. The molecule has 2 unspecified atom stereocenters. The number of ether oxygens (including phenoxy) is 1. The predicted molar refractivity (Wildman–Crippen MR) is 116 cm³/mol. The molecule has 0 amide bonds. The molecule has 0 radical (unpaired) electrons. The maximum atomic E-state index is 13.2. The van der Waals surface area contributed by atoms with E-state index in [1.165, 1.54) is 11.7 Å². The predicted octanol–water partition coefficient (Wildman–Crippen LogP) is -0.580. The molecule has 0 spiro atoms. The molecule has 3 rings (SSSR count). The Bertz CT molecular complexity index is 1260. The zero-order valence-electron chi connectivity index (χ0n) is 19.6. The number of carbonyl (C=O) groups excluding carboxylic acids is 1. The molecule has 0 aliphatic rings. The minimum absolute atomic E-state index is 0. The van der Waals surface area contributed by atoms with Crippen LogP contribution < -0.4 is 45.0 Å². The number of para-hydroxylation sites is 1. The number of carboxylic acids is 1. The van der Waals surface area contributed by atoms with Gasteiger partial charge in [0.1, 0.15) is 11.5 Å². The minimum atomic E-state index is -1.59. The average molecular weight is 457 g/mol. The monoisotopic (exact) mass is 457 g/mol. The summed E-state index contributed by atoms with van der Waals surface area (Å²) in [5.74, 6) is -2.59. The molecule has 166 valence electrons. The van der Waals surface area contributed by atoms with Crippen LogP contribution >= 0.6 is 0 Å². The number of nitrogens with zero attached hydrogens (tertiary/aromatic N) is 5. The zero-order valence-corrected chi connectivity index (χ0v) is 21.6. The molecule has 2 aromatic heterocycles. The molecule has 0 saturated carbocycles. The van der Waals surface area contributed by atoms with Gasteiger partial charge in [0.25, 0.3) is 5.56 Å². The maximum absolute atomic E-state index is 13.2. The number of hydrogen-bond acceptors (Lipinski definition) is 6. The molecule has 2 atom stereocenters. The number of aromatic carboxylic acids is 1. The first-order valence-corrected chi connectivity index (χ1v) is 10.1. The summed E-state index contributed by atoms with van der Waals surface area (Å²) in [6.45, 7) is 13.1. The van der Waals surface area contributed by atoms with Crippen molar-refractivity contribution in [2.24, 2.45) is 7.05 Å². The van der Waals surface area contributed by atoms with E-state index < -0.39 is 29.1 Å². The summed E-state index contributed by atoms with van der Waals surface area (Å²) >= 11 is 0. The molecule has 2 heterocycles. The molecule has 0 bridgehead atoms. The Labute approximate surface area is 214 Å². The molecule has 1 aromatic carbocycles. The molecular weight excluding hydrogens is 433 g/mol. The van der Waals surface area contributed by atoms with Crippen LogP contribution in [0.1, 0.15) is 66.1 Å². The van der Waals surface area contributed by atoms with E-state index in [0.29, 0.717) is 5.69 Å². The van der Waals surface area contributed by atoms with E-state index in [4.69, 9.17) is 11.3 Å². The van der Waals surface area contributed by atoms with Crippen molar-refractivity contribution < 1.29 is 44.2 Å². The first-order chi connectivity index (χ1) is 15.2. The first kappa shape index (κ1) is 26.3. The van der Waals surface area contributed by atoms with Gasteiger partial charge in [0.15, 0.2) is 5.69 Å². The van der Waals surface area contributed by atoms with Crippen LogP contribution in [0.4, 0.5) is 5.69 Å². The average Bonchev–Trinajstić information content (AvgIpc) is 3.18. The third-order valence-electron chi connectivity index (χ3n) is 5.40. The Balaban J connectivity index is 0.00000385. The Morgan fingerprint density at radius 3 is 2.42 bits per heavy atom. The molecule has 0 aliphatic heterocycles. The second-order valence-corrected chi connectivity index (χ2v) is 7.79. The van der Waals surface area contributed by atoms with Gasteiger partial charge in [0.2, 0.25) is 5.75 Å². The largest absolute Gasteiger partial charge is 1.00 e. The number of hydrogen-bond donors (Lipinski definition) is 0. The smallest absolute Gasteiger partial charge is 0.543 e. The number of methoxy groups -OCH3 is 1. The van der Waals surface area contributed by atoms with Crippen LogP contribution in [-0.4, -0.2) is 32.4 Å². The van der Waals surface area contributed by atoms with E-state index in [0.717, 1.165) is 11.1 Å². The van der Waals surface area contributed by atoms with Crippen LogP contribution in [-0.2, 0) is 7.05 Å². The van der Waals surface area contributed by atoms with Crippen LogP contribution in [0.5, 0.6) is 5.75 Å². The summed E-state index contributed by atoms with van der Waals surface area (Å²) in [6, 6.07) is 6.88. The van der Waals surface area contributed by atoms with E-state index in [1.807, 2.05) is 39.1 Å². The van der Waals surface area contributed by atoms with E-state index in [9.17, 15) is 14.7 Å². The summed E-state index contributed by atoms with van der Waals surface area (Å²) < 4.78 is 8.14. The fourth-order valence-electron chi connectivity index (χ4n) is 4.02. The summed E-state index contributed by atoms with van der Waals surface area (Å²) in [5.41, 5.74) is 0.867. The normalized spacial score (nSPS) is 12.5. The number of aryl methyl sites for hydroxylation is 1. The van der Waals surface area contributed by atoms with Crippen LogP contribution in [0.15, 0.2) is 41.5 Å². The van der Waals surface area contributed by atoms with Gasteiger partial charge in [-0.05, 0) is 25.0 Å². The Morgan fingerprint density at radius 2 is 1.91 bits per heavy atom. The van der Waals surface area contributed by atoms with E-state index >= 15 is 0 Å². The fourth-order valence-corrected chi connectivity index (χ4v) is 4.02. The van der Waals surface area contributed by atoms with Crippen molar-refractivity contribution in [2.45, 2.75) is 38.6 Å². The SMILES string of the molecule is [C-]#[N+]c1ccccc1C(c1cnn(C)c1)C(C)c1nc(C(=O)[O-])c(OC)c(=O)n1C(C)C.[Na+]. The van der Waals surface area contributed by atoms with Crippen molar-refractivity contribution in [1.29, 1.82) is 0 Å². The quantitative estimate of drug-likeness (QED) is 0.347. The molecule has 0 saturated heterocycles. The Hall–Kier alpha value is -2.93. The van der Waals surface area contributed by atoms with Gasteiger partial charge in [-0.25, -0.2) is 9.83 Å². The third-order valence-corrected chi connectivity index (χ3v) is 5.40. The van der Waals surface area contributed by atoms with Gasteiger partial charge in [-0.1, -0.05) is 31.2 Å². The standard InChI is InChI=1S/C23H25N5O4.Na/c1-13(2)28-21(26-19(23(30)31)20(32-6)22(28)29)14(3)18(15-11-25-27(5)12-15)16-9-7-8-10-17(16)24-4;/h7-14,18H,1-3,5-6H3,(H,30,31);/q;+1/p-1. The summed E-state index contributed by atoms with van der Waals surface area (Å²) in [6.07, 6.45) is 3.53. The minimum Gasteiger partial charge on any atom is -0.543 e. The summed E-state index contributed by atoms with van der Waals surface area (Å²) in [7, 11) is 3.01. The number of carboxylic acid groups (broad SMARTS) is 1. The molecule has 3 aromatic rings. The van der Waals surface area contributed by atoms with Gasteiger partial charge in [-0.2, -0.15) is 5.10 Å². The van der Waals surface area contributed by atoms with E-state index in [1.54, 1.807) is 30.1 Å². The van der Waals surface area contributed by atoms with Gasteiger partial charge < -0.3 is 14.6 Å². The van der Waals surface area contributed by atoms with Crippen molar-refractivity contribution in [3.63, 3.8) is 0 Å². The van der Waals surface area contributed by atoms with Crippen LogP contribution in [0.3, 0.4) is 0 Å². The van der Waals surface area contributed by atoms with Gasteiger partial charge >= 0.3 is 29.6 Å². The van der Waals surface area contributed by atoms with E-state index in [2.05, 4.69) is 14.9 Å². The molecule has 10 heteroatoms. The zero-order chi connectivity index (χ0) is 23.6. The Morgan fingerprint density at radius 1 is 1.24 bits per heavy atom. The second kappa shape index (κ2) is 10.8. The van der Waals surface area contributed by atoms with Crippen LogP contribution in [0.2, 0.25) is 0 Å². The molecule has 0 aliphatic carbocycles. The molecule has 0 fully saturated rings. The van der Waals surface area contributed by atoms with Gasteiger partial charge in [-0.15, -0.1) is 0 Å². The molecule has 0 N–H and O–H groups in total. The third kappa shape index (κ3) is 5.03. The van der Waals surface area contributed by atoms with Crippen LogP contribution in [0, 0.1) is 6.57 Å². The fraction of sp³-hybridized carbons (Fsp3) is 0.348. The molecule has 33 heavy (non-hydrogen) atoms. The van der Waals surface area contributed by atoms with Gasteiger partial charge in [0.05, 0.1) is 25.8 Å². The molecule has 9 nitrogen and oxygen atoms in total. The van der Waals surface area contributed by atoms with Gasteiger partial charge in [0, 0.05) is 31.1 Å². The van der Waals surface area contributed by atoms with Crippen molar-refractivity contribution >= 4 is 11.7 Å². The topological polar surface area (TPSA) is 106 Å². The van der Waals surface area contributed by atoms with Crippen molar-refractivity contribution in [2.75, 3.05) is 7.11 Å². The number of aromatic nitrogens is 4. The Kier molecular flexibility index (Phi) is 8.61. The number of benzene rings is 1.